The molecule has 1 unspecified atom stereocenters. The summed E-state index contributed by atoms with van der Waals surface area (Å²) in [4.78, 5) is 50.6. The largest absolute Gasteiger partial charge is 0.756 e. The average molecular weight is 890 g/mol. The first-order valence-corrected chi connectivity index (χ1v) is 26.7. The molecule has 0 saturated carbocycles. The summed E-state index contributed by atoms with van der Waals surface area (Å²) in [5.74, 6) is -1.08. The summed E-state index contributed by atoms with van der Waals surface area (Å²) >= 11 is 0. The van der Waals surface area contributed by atoms with E-state index in [1.165, 1.54) is 122 Å². The standard InChI is InChI=1S/C49H96NO10P/c1-7-10-13-16-19-20-21-22-23-24-25-28-33-38-47(51)56-43-46(44-58-61(54,55)57-42-41-50(4,5)6)60-49(53)40-35-30-29-34-39-48(52)59-45(36-31-26-17-14-11-8-2)37-32-27-18-15-12-9-3/h45-46H,7-44H2,1-6H3/t46-/m1/s1. The maximum absolute atomic E-state index is 12.8. The summed E-state index contributed by atoms with van der Waals surface area (Å²) < 4.78 is 40.0. The maximum Gasteiger partial charge on any atom is 0.306 e. The van der Waals surface area contributed by atoms with E-state index in [-0.39, 0.29) is 38.1 Å². The van der Waals surface area contributed by atoms with Gasteiger partial charge in [0.1, 0.15) is 25.9 Å². The summed E-state index contributed by atoms with van der Waals surface area (Å²) in [5, 5.41) is 0. The van der Waals surface area contributed by atoms with Crippen LogP contribution in [0.2, 0.25) is 0 Å². The maximum atomic E-state index is 12.8. The van der Waals surface area contributed by atoms with Gasteiger partial charge in [-0.05, 0) is 44.9 Å². The third kappa shape index (κ3) is 43.5. The normalized spacial score (nSPS) is 13.3. The Morgan fingerprint density at radius 3 is 1.20 bits per heavy atom. The molecule has 0 aromatic heterocycles. The quantitative estimate of drug-likeness (QED) is 0.0191. The molecule has 2 atom stereocenters. The Morgan fingerprint density at radius 2 is 0.803 bits per heavy atom. The zero-order valence-corrected chi connectivity index (χ0v) is 41.4. The minimum absolute atomic E-state index is 0.000133. The zero-order chi connectivity index (χ0) is 45.3. The number of unbranched alkanes of at least 4 members (excludes halogenated alkanes) is 25. The number of hydrogen-bond donors (Lipinski definition) is 0. The second kappa shape index (κ2) is 41.2. The van der Waals surface area contributed by atoms with E-state index in [0.717, 1.165) is 57.8 Å². The van der Waals surface area contributed by atoms with Crippen LogP contribution in [0.1, 0.15) is 239 Å². The van der Waals surface area contributed by atoms with Crippen molar-refractivity contribution in [3.05, 3.63) is 0 Å². The van der Waals surface area contributed by atoms with Crippen LogP contribution in [0.25, 0.3) is 0 Å². The van der Waals surface area contributed by atoms with Gasteiger partial charge in [0.2, 0.25) is 0 Å². The van der Waals surface area contributed by atoms with E-state index in [0.29, 0.717) is 36.7 Å². The molecule has 0 N–H and O–H groups in total. The Hall–Kier alpha value is -1.52. The Morgan fingerprint density at radius 1 is 0.459 bits per heavy atom. The van der Waals surface area contributed by atoms with Crippen LogP contribution in [-0.4, -0.2) is 82.1 Å². The highest BCUT2D eigenvalue weighted by Crippen LogP contribution is 2.38. The van der Waals surface area contributed by atoms with Crippen molar-refractivity contribution in [3.63, 3.8) is 0 Å². The molecule has 0 radical (unpaired) electrons. The number of carbonyl (C=O) groups excluding carboxylic acids is 3. The van der Waals surface area contributed by atoms with Crippen LogP contribution in [-0.2, 0) is 42.2 Å². The van der Waals surface area contributed by atoms with Crippen LogP contribution in [0, 0.1) is 0 Å². The third-order valence-electron chi connectivity index (χ3n) is 11.2. The lowest BCUT2D eigenvalue weighted by Crippen LogP contribution is -2.37. The first-order chi connectivity index (χ1) is 29.3. The van der Waals surface area contributed by atoms with Crippen molar-refractivity contribution in [2.24, 2.45) is 0 Å². The summed E-state index contributed by atoms with van der Waals surface area (Å²) in [6, 6.07) is 0. The van der Waals surface area contributed by atoms with Gasteiger partial charge in [0, 0.05) is 19.3 Å². The lowest BCUT2D eigenvalue weighted by Gasteiger charge is -2.28. The molecule has 0 aromatic carbocycles. The van der Waals surface area contributed by atoms with Crippen LogP contribution >= 0.6 is 7.82 Å². The molecular formula is C49H96NO10P. The lowest BCUT2D eigenvalue weighted by atomic mass is 10.0. The summed E-state index contributed by atoms with van der Waals surface area (Å²) in [6.07, 6.45) is 34.6. The monoisotopic (exact) mass is 890 g/mol. The lowest BCUT2D eigenvalue weighted by molar-refractivity contribution is -0.870. The number of hydrogen-bond acceptors (Lipinski definition) is 10. The molecule has 11 nitrogen and oxygen atoms in total. The number of quaternary nitrogens is 1. The van der Waals surface area contributed by atoms with Gasteiger partial charge in [-0.15, -0.1) is 0 Å². The Balaban J connectivity index is 4.70. The minimum atomic E-state index is -4.67. The zero-order valence-electron chi connectivity index (χ0n) is 40.5. The van der Waals surface area contributed by atoms with Crippen molar-refractivity contribution < 1.29 is 51.6 Å². The highest BCUT2D eigenvalue weighted by molar-refractivity contribution is 7.45. The summed E-state index contributed by atoms with van der Waals surface area (Å²) in [6.45, 7) is 6.28. The van der Waals surface area contributed by atoms with Crippen molar-refractivity contribution in [1.82, 2.24) is 0 Å². The molecule has 0 spiro atoms. The fourth-order valence-electron chi connectivity index (χ4n) is 7.25. The number of nitrogens with zero attached hydrogens (tertiary/aromatic N) is 1. The van der Waals surface area contributed by atoms with Crippen LogP contribution in [0.5, 0.6) is 0 Å². The molecule has 0 amide bonds. The molecule has 12 heteroatoms. The Labute approximate surface area is 375 Å². The molecule has 0 aliphatic carbocycles. The molecule has 0 fully saturated rings. The number of rotatable bonds is 46. The molecule has 0 aromatic rings. The predicted octanol–water partition coefficient (Wildman–Crippen LogP) is 12.9. The number of phosphoric ester groups is 1. The van der Waals surface area contributed by atoms with Crippen molar-refractivity contribution in [2.45, 2.75) is 251 Å². The molecule has 0 aliphatic heterocycles. The van der Waals surface area contributed by atoms with Gasteiger partial charge in [0.25, 0.3) is 7.82 Å². The summed E-state index contributed by atoms with van der Waals surface area (Å²) in [7, 11) is 1.08. The van der Waals surface area contributed by atoms with Gasteiger partial charge >= 0.3 is 17.9 Å². The van der Waals surface area contributed by atoms with Gasteiger partial charge < -0.3 is 32.6 Å². The number of phosphoric acid groups is 1. The van der Waals surface area contributed by atoms with Gasteiger partial charge in [-0.3, -0.25) is 18.9 Å². The molecule has 0 aliphatic rings. The summed E-state index contributed by atoms with van der Waals surface area (Å²) in [5.41, 5.74) is 0. The smallest absolute Gasteiger partial charge is 0.306 e. The van der Waals surface area contributed by atoms with Crippen molar-refractivity contribution >= 4 is 25.7 Å². The van der Waals surface area contributed by atoms with E-state index >= 15 is 0 Å². The topological polar surface area (TPSA) is 137 Å². The van der Waals surface area contributed by atoms with E-state index in [2.05, 4.69) is 20.8 Å². The highest BCUT2D eigenvalue weighted by Gasteiger charge is 2.22. The second-order valence-corrected chi connectivity index (χ2v) is 19.9. The number of ether oxygens (including phenoxy) is 3. The molecule has 0 rings (SSSR count). The molecule has 0 saturated heterocycles. The average Bonchev–Trinajstić information content (AvgIpc) is 3.20. The fourth-order valence-corrected chi connectivity index (χ4v) is 7.98. The number of carbonyl (C=O) groups is 3. The van der Waals surface area contributed by atoms with E-state index < -0.39 is 32.5 Å². The van der Waals surface area contributed by atoms with Crippen LogP contribution in [0.4, 0.5) is 0 Å². The minimum Gasteiger partial charge on any atom is -0.756 e. The number of esters is 3. The van der Waals surface area contributed by atoms with E-state index in [4.69, 9.17) is 23.3 Å². The molecular weight excluding hydrogens is 794 g/mol. The number of likely N-dealkylation sites (N-methyl/N-ethyl adjacent to an activating group) is 1. The van der Waals surface area contributed by atoms with Crippen LogP contribution < -0.4 is 4.89 Å². The van der Waals surface area contributed by atoms with Crippen molar-refractivity contribution in [1.29, 1.82) is 0 Å². The van der Waals surface area contributed by atoms with E-state index in [9.17, 15) is 23.8 Å². The SMILES string of the molecule is CCCCCCCCCCCCCCCC(=O)OC[C@H](COP(=O)([O-])OCC[N+](C)(C)C)OC(=O)CCCCCCC(=O)OC(CCCCCCCC)CCCCCCCC. The van der Waals surface area contributed by atoms with Gasteiger partial charge in [0.15, 0.2) is 6.10 Å². The van der Waals surface area contributed by atoms with Gasteiger partial charge in [0.05, 0.1) is 27.7 Å². The van der Waals surface area contributed by atoms with E-state index in [1.807, 2.05) is 21.1 Å². The van der Waals surface area contributed by atoms with Gasteiger partial charge in [-0.1, -0.05) is 175 Å². The molecule has 362 valence electrons. The van der Waals surface area contributed by atoms with Crippen LogP contribution in [0.15, 0.2) is 0 Å². The van der Waals surface area contributed by atoms with Crippen molar-refractivity contribution in [3.8, 4) is 0 Å². The Kier molecular flexibility index (Phi) is 40.2. The molecule has 0 bridgehead atoms. The third-order valence-corrected chi connectivity index (χ3v) is 12.2. The Bertz CT molecular complexity index is 1070. The highest BCUT2D eigenvalue weighted by atomic mass is 31.2. The van der Waals surface area contributed by atoms with Gasteiger partial charge in [-0.2, -0.15) is 0 Å². The fraction of sp³-hybridized carbons (Fsp3) is 0.939. The molecule has 61 heavy (non-hydrogen) atoms. The predicted molar refractivity (Wildman–Crippen MR) is 247 cm³/mol. The first kappa shape index (κ1) is 59.5. The van der Waals surface area contributed by atoms with E-state index in [1.54, 1.807) is 0 Å². The van der Waals surface area contributed by atoms with Gasteiger partial charge in [-0.25, -0.2) is 0 Å². The first-order valence-electron chi connectivity index (χ1n) is 25.3. The van der Waals surface area contributed by atoms with Crippen molar-refractivity contribution in [2.75, 3.05) is 47.5 Å². The second-order valence-electron chi connectivity index (χ2n) is 18.5. The molecule has 0 heterocycles. The van der Waals surface area contributed by atoms with Crippen LogP contribution in [0.3, 0.4) is 0 Å².